The molecule has 0 aliphatic heterocycles. The summed E-state index contributed by atoms with van der Waals surface area (Å²) in [5, 5.41) is 19.4. The standard InChI is InChI=1S/C10H8N2O4/c11-9(14)7-8(13)5-3-1-2-4-6(5)12(16)10(7)15/h1-4,13,16H,(H2,11,14). The predicted molar refractivity (Wildman–Crippen MR) is 55.6 cm³/mol. The maximum absolute atomic E-state index is 11.5. The number of fused-ring (bicyclic) bond motifs is 1. The number of rotatable bonds is 1. The van der Waals surface area contributed by atoms with Crippen LogP contribution in [0.15, 0.2) is 29.1 Å². The van der Waals surface area contributed by atoms with E-state index in [1.165, 1.54) is 12.1 Å². The van der Waals surface area contributed by atoms with Crippen molar-refractivity contribution < 1.29 is 15.1 Å². The molecule has 6 heteroatoms. The number of carbonyl (C=O) groups excluding carboxylic acids is 1. The summed E-state index contributed by atoms with van der Waals surface area (Å²) in [4.78, 5) is 22.5. The van der Waals surface area contributed by atoms with Gasteiger partial charge >= 0.3 is 0 Å². The number of aromatic nitrogens is 1. The largest absolute Gasteiger partial charge is 0.506 e. The van der Waals surface area contributed by atoms with Crippen molar-refractivity contribution >= 4 is 16.8 Å². The highest BCUT2D eigenvalue weighted by molar-refractivity contribution is 6.01. The van der Waals surface area contributed by atoms with Crippen molar-refractivity contribution in [2.45, 2.75) is 0 Å². The second kappa shape index (κ2) is 3.27. The van der Waals surface area contributed by atoms with Gasteiger partial charge in [0.1, 0.15) is 11.3 Å². The van der Waals surface area contributed by atoms with Crippen LogP contribution in [-0.4, -0.2) is 21.0 Å². The number of nitrogens with zero attached hydrogens (tertiary/aromatic N) is 1. The first-order valence-corrected chi connectivity index (χ1v) is 4.40. The zero-order valence-electron chi connectivity index (χ0n) is 8.04. The molecule has 16 heavy (non-hydrogen) atoms. The van der Waals surface area contributed by atoms with Crippen molar-refractivity contribution in [2.24, 2.45) is 5.73 Å². The quantitative estimate of drug-likeness (QED) is 0.590. The summed E-state index contributed by atoms with van der Waals surface area (Å²) in [7, 11) is 0. The van der Waals surface area contributed by atoms with Crippen LogP contribution in [0.1, 0.15) is 10.4 Å². The van der Waals surface area contributed by atoms with Gasteiger partial charge in [0.15, 0.2) is 0 Å². The zero-order valence-corrected chi connectivity index (χ0v) is 8.04. The first-order chi connectivity index (χ1) is 7.54. The van der Waals surface area contributed by atoms with Crippen molar-refractivity contribution in [1.29, 1.82) is 0 Å². The number of para-hydroxylation sites is 1. The molecule has 4 N–H and O–H groups in total. The second-order valence-electron chi connectivity index (χ2n) is 3.22. The van der Waals surface area contributed by atoms with Gasteiger partial charge in [-0.25, -0.2) is 0 Å². The third kappa shape index (κ3) is 1.20. The Morgan fingerprint density at radius 3 is 2.56 bits per heavy atom. The Morgan fingerprint density at radius 1 is 1.31 bits per heavy atom. The molecule has 0 aliphatic rings. The lowest BCUT2D eigenvalue weighted by Crippen LogP contribution is -2.28. The molecule has 2 rings (SSSR count). The minimum Gasteiger partial charge on any atom is -0.506 e. The van der Waals surface area contributed by atoms with Crippen LogP contribution in [0.3, 0.4) is 0 Å². The van der Waals surface area contributed by atoms with Crippen LogP contribution in [-0.2, 0) is 0 Å². The van der Waals surface area contributed by atoms with E-state index in [4.69, 9.17) is 5.73 Å². The fraction of sp³-hybridized carbons (Fsp3) is 0. The number of amides is 1. The topological polar surface area (TPSA) is 106 Å². The summed E-state index contributed by atoms with van der Waals surface area (Å²) in [6, 6.07) is 6.07. The number of carbonyl (C=O) groups is 1. The summed E-state index contributed by atoms with van der Waals surface area (Å²) in [6.07, 6.45) is 0. The lowest BCUT2D eigenvalue weighted by molar-refractivity contribution is 0.0990. The molecule has 0 saturated carbocycles. The van der Waals surface area contributed by atoms with Crippen LogP contribution in [0.4, 0.5) is 0 Å². The van der Waals surface area contributed by atoms with Crippen LogP contribution in [0, 0.1) is 0 Å². The molecule has 1 aromatic heterocycles. The zero-order chi connectivity index (χ0) is 11.9. The van der Waals surface area contributed by atoms with Gasteiger partial charge in [0.05, 0.1) is 5.52 Å². The summed E-state index contributed by atoms with van der Waals surface area (Å²) in [5.74, 6) is -1.60. The second-order valence-corrected chi connectivity index (χ2v) is 3.22. The van der Waals surface area contributed by atoms with Gasteiger partial charge < -0.3 is 16.0 Å². The molecule has 0 spiro atoms. The maximum Gasteiger partial charge on any atom is 0.300 e. The number of hydrogen-bond donors (Lipinski definition) is 3. The van der Waals surface area contributed by atoms with E-state index in [0.717, 1.165) is 0 Å². The lowest BCUT2D eigenvalue weighted by atomic mass is 10.1. The fourth-order valence-corrected chi connectivity index (χ4v) is 1.53. The Labute approximate surface area is 89.1 Å². The van der Waals surface area contributed by atoms with Crippen LogP contribution in [0.2, 0.25) is 0 Å². The van der Waals surface area contributed by atoms with Crippen molar-refractivity contribution in [2.75, 3.05) is 0 Å². The van der Waals surface area contributed by atoms with Crippen molar-refractivity contribution in [3.63, 3.8) is 0 Å². The molecule has 0 aliphatic carbocycles. The molecule has 0 saturated heterocycles. The molecule has 0 radical (unpaired) electrons. The number of primary amides is 1. The number of benzene rings is 1. The molecular weight excluding hydrogens is 212 g/mol. The minimum absolute atomic E-state index is 0.106. The molecular formula is C10H8N2O4. The van der Waals surface area contributed by atoms with E-state index in [9.17, 15) is 19.9 Å². The Morgan fingerprint density at radius 2 is 1.94 bits per heavy atom. The van der Waals surface area contributed by atoms with Crippen LogP contribution >= 0.6 is 0 Å². The van der Waals surface area contributed by atoms with Crippen molar-refractivity contribution in [3.05, 3.63) is 40.2 Å². The Hall–Kier alpha value is -2.50. The summed E-state index contributed by atoms with van der Waals surface area (Å²) < 4.78 is 0.287. The lowest BCUT2D eigenvalue weighted by Gasteiger charge is -2.07. The van der Waals surface area contributed by atoms with E-state index in [0.29, 0.717) is 0 Å². The van der Waals surface area contributed by atoms with E-state index in [-0.39, 0.29) is 15.6 Å². The van der Waals surface area contributed by atoms with E-state index in [1.807, 2.05) is 0 Å². The minimum atomic E-state index is -1.09. The van der Waals surface area contributed by atoms with Crippen LogP contribution in [0.25, 0.3) is 10.9 Å². The summed E-state index contributed by atoms with van der Waals surface area (Å²) in [5.41, 5.74) is 3.40. The van der Waals surface area contributed by atoms with Gasteiger partial charge in [0, 0.05) is 5.39 Å². The van der Waals surface area contributed by atoms with Gasteiger partial charge in [-0.1, -0.05) is 12.1 Å². The highest BCUT2D eigenvalue weighted by atomic mass is 16.5. The van der Waals surface area contributed by atoms with Gasteiger partial charge in [-0.3, -0.25) is 9.59 Å². The third-order valence-electron chi connectivity index (χ3n) is 2.28. The smallest absolute Gasteiger partial charge is 0.300 e. The predicted octanol–water partition coefficient (Wildman–Crippen LogP) is 0.0433. The average molecular weight is 220 g/mol. The van der Waals surface area contributed by atoms with E-state index >= 15 is 0 Å². The molecule has 0 fully saturated rings. The molecule has 82 valence electrons. The molecule has 1 heterocycles. The van der Waals surface area contributed by atoms with Crippen LogP contribution in [0.5, 0.6) is 5.75 Å². The maximum atomic E-state index is 11.5. The fourth-order valence-electron chi connectivity index (χ4n) is 1.53. The van der Waals surface area contributed by atoms with Crippen molar-refractivity contribution in [1.82, 2.24) is 4.73 Å². The van der Waals surface area contributed by atoms with Gasteiger partial charge in [0.25, 0.3) is 11.5 Å². The molecule has 0 unspecified atom stereocenters. The highest BCUT2D eigenvalue weighted by Gasteiger charge is 2.19. The number of nitrogens with two attached hydrogens (primary N) is 1. The first kappa shape index (κ1) is 10.0. The van der Waals surface area contributed by atoms with Gasteiger partial charge in [-0.05, 0) is 12.1 Å². The Bertz CT molecular complexity index is 645. The van der Waals surface area contributed by atoms with Gasteiger partial charge in [-0.15, -0.1) is 4.73 Å². The molecule has 6 nitrogen and oxygen atoms in total. The molecule has 1 aromatic carbocycles. The first-order valence-electron chi connectivity index (χ1n) is 4.40. The molecule has 0 bridgehead atoms. The van der Waals surface area contributed by atoms with Crippen LogP contribution < -0.4 is 11.3 Å². The SMILES string of the molecule is NC(=O)c1c(O)c2ccccc2n(O)c1=O. The Balaban J connectivity index is 3.07. The highest BCUT2D eigenvalue weighted by Crippen LogP contribution is 2.24. The third-order valence-corrected chi connectivity index (χ3v) is 2.28. The van der Waals surface area contributed by atoms with E-state index in [2.05, 4.69) is 0 Å². The Kier molecular flexibility index (Phi) is 2.05. The van der Waals surface area contributed by atoms with Gasteiger partial charge in [0.2, 0.25) is 0 Å². The monoisotopic (exact) mass is 220 g/mol. The molecule has 2 aromatic rings. The van der Waals surface area contributed by atoms with Gasteiger partial charge in [-0.2, -0.15) is 0 Å². The normalized spacial score (nSPS) is 10.5. The summed E-state index contributed by atoms with van der Waals surface area (Å²) >= 11 is 0. The van der Waals surface area contributed by atoms with E-state index < -0.39 is 22.8 Å². The average Bonchev–Trinajstić information content (AvgIpc) is 2.26. The van der Waals surface area contributed by atoms with E-state index in [1.54, 1.807) is 12.1 Å². The number of pyridine rings is 1. The van der Waals surface area contributed by atoms with Crippen molar-refractivity contribution in [3.8, 4) is 5.75 Å². The molecule has 0 atom stereocenters. The molecule has 1 amide bonds. The number of hydrogen-bond acceptors (Lipinski definition) is 4. The number of aromatic hydroxyl groups is 1. The summed E-state index contributed by atoms with van der Waals surface area (Å²) in [6.45, 7) is 0.